The molecule has 92 valence electrons. The standard InChI is InChI=1S/C15H13ClO2/c1-9-7-10(2)14(15(17)18)8-13(9)11-3-5-12(16)6-4-11/h3-8H,1-2H3,(H,17,18). The first kappa shape index (κ1) is 12.7. The number of halogens is 1. The Morgan fingerprint density at radius 1 is 1.06 bits per heavy atom. The summed E-state index contributed by atoms with van der Waals surface area (Å²) < 4.78 is 0. The van der Waals surface area contributed by atoms with Crippen molar-refractivity contribution in [3.05, 3.63) is 58.1 Å². The monoisotopic (exact) mass is 260 g/mol. The van der Waals surface area contributed by atoms with Crippen LogP contribution < -0.4 is 0 Å². The van der Waals surface area contributed by atoms with E-state index in [0.717, 1.165) is 22.3 Å². The Labute approximate surface area is 111 Å². The summed E-state index contributed by atoms with van der Waals surface area (Å²) in [5.41, 5.74) is 4.07. The molecular formula is C15H13ClO2. The molecule has 0 amide bonds. The largest absolute Gasteiger partial charge is 0.478 e. The van der Waals surface area contributed by atoms with Crippen molar-refractivity contribution in [2.45, 2.75) is 13.8 Å². The van der Waals surface area contributed by atoms with Crippen molar-refractivity contribution in [2.75, 3.05) is 0 Å². The number of carboxylic acids is 1. The molecule has 2 rings (SSSR count). The van der Waals surface area contributed by atoms with Gasteiger partial charge in [0.25, 0.3) is 0 Å². The summed E-state index contributed by atoms with van der Waals surface area (Å²) in [6.45, 7) is 3.78. The SMILES string of the molecule is Cc1cc(C)c(-c2ccc(Cl)cc2)cc1C(=O)O. The van der Waals surface area contributed by atoms with Crippen molar-refractivity contribution in [1.29, 1.82) is 0 Å². The maximum absolute atomic E-state index is 11.1. The molecular weight excluding hydrogens is 248 g/mol. The maximum Gasteiger partial charge on any atom is 0.335 e. The van der Waals surface area contributed by atoms with E-state index in [1.165, 1.54) is 0 Å². The number of aromatic carboxylic acids is 1. The van der Waals surface area contributed by atoms with Crippen LogP contribution in [-0.2, 0) is 0 Å². The number of benzene rings is 2. The van der Waals surface area contributed by atoms with Crippen LogP contribution in [0.5, 0.6) is 0 Å². The Hall–Kier alpha value is -1.80. The molecule has 0 aliphatic heterocycles. The minimum atomic E-state index is -0.900. The minimum absolute atomic E-state index is 0.338. The zero-order chi connectivity index (χ0) is 13.3. The van der Waals surface area contributed by atoms with Crippen molar-refractivity contribution in [3.8, 4) is 11.1 Å². The van der Waals surface area contributed by atoms with Crippen molar-refractivity contribution in [3.63, 3.8) is 0 Å². The van der Waals surface area contributed by atoms with Crippen LogP contribution in [0.4, 0.5) is 0 Å². The summed E-state index contributed by atoms with van der Waals surface area (Å²) >= 11 is 5.85. The number of hydrogen-bond acceptors (Lipinski definition) is 1. The van der Waals surface area contributed by atoms with E-state index < -0.39 is 5.97 Å². The third-order valence-corrected chi connectivity index (χ3v) is 3.21. The van der Waals surface area contributed by atoms with Crippen LogP contribution in [-0.4, -0.2) is 11.1 Å². The highest BCUT2D eigenvalue weighted by Crippen LogP contribution is 2.27. The Kier molecular flexibility index (Phi) is 3.39. The maximum atomic E-state index is 11.1. The van der Waals surface area contributed by atoms with E-state index in [2.05, 4.69) is 0 Å². The predicted octanol–water partition coefficient (Wildman–Crippen LogP) is 4.32. The first-order valence-electron chi connectivity index (χ1n) is 5.59. The van der Waals surface area contributed by atoms with Crippen LogP contribution in [0.1, 0.15) is 21.5 Å². The Morgan fingerprint density at radius 3 is 2.22 bits per heavy atom. The average Bonchev–Trinajstić information content (AvgIpc) is 2.30. The lowest BCUT2D eigenvalue weighted by Crippen LogP contribution is -2.01. The van der Waals surface area contributed by atoms with Gasteiger partial charge in [0.05, 0.1) is 5.56 Å². The fraction of sp³-hybridized carbons (Fsp3) is 0.133. The highest BCUT2D eigenvalue weighted by atomic mass is 35.5. The number of carbonyl (C=O) groups is 1. The van der Waals surface area contributed by atoms with Gasteiger partial charge >= 0.3 is 5.97 Å². The third-order valence-electron chi connectivity index (χ3n) is 2.96. The smallest absolute Gasteiger partial charge is 0.335 e. The van der Waals surface area contributed by atoms with E-state index in [0.29, 0.717) is 10.6 Å². The molecule has 2 aromatic carbocycles. The van der Waals surface area contributed by atoms with Gasteiger partial charge < -0.3 is 5.11 Å². The van der Waals surface area contributed by atoms with Crippen molar-refractivity contribution >= 4 is 17.6 Å². The van der Waals surface area contributed by atoms with Crippen molar-refractivity contribution in [1.82, 2.24) is 0 Å². The molecule has 0 aromatic heterocycles. The first-order valence-corrected chi connectivity index (χ1v) is 5.97. The summed E-state index contributed by atoms with van der Waals surface area (Å²) in [6.07, 6.45) is 0. The number of aryl methyl sites for hydroxylation is 2. The number of carboxylic acid groups (broad SMARTS) is 1. The van der Waals surface area contributed by atoms with E-state index in [-0.39, 0.29) is 0 Å². The van der Waals surface area contributed by atoms with Crippen molar-refractivity contribution in [2.24, 2.45) is 0 Å². The zero-order valence-electron chi connectivity index (χ0n) is 10.2. The van der Waals surface area contributed by atoms with Gasteiger partial charge in [0.2, 0.25) is 0 Å². The Balaban J connectivity index is 2.60. The van der Waals surface area contributed by atoms with Crippen LogP contribution in [0.3, 0.4) is 0 Å². The molecule has 0 saturated heterocycles. The minimum Gasteiger partial charge on any atom is -0.478 e. The molecule has 0 saturated carbocycles. The second kappa shape index (κ2) is 4.83. The van der Waals surface area contributed by atoms with E-state index in [4.69, 9.17) is 16.7 Å². The van der Waals surface area contributed by atoms with Crippen molar-refractivity contribution < 1.29 is 9.90 Å². The molecule has 2 aromatic rings. The molecule has 0 unspecified atom stereocenters. The highest BCUT2D eigenvalue weighted by Gasteiger charge is 2.11. The van der Waals surface area contributed by atoms with Gasteiger partial charge in [-0.25, -0.2) is 4.79 Å². The summed E-state index contributed by atoms with van der Waals surface area (Å²) in [4.78, 5) is 11.1. The van der Waals surface area contributed by atoms with E-state index in [1.54, 1.807) is 18.2 Å². The summed E-state index contributed by atoms with van der Waals surface area (Å²) in [5, 5.41) is 9.82. The van der Waals surface area contributed by atoms with E-state index in [9.17, 15) is 4.79 Å². The molecule has 3 heteroatoms. The average molecular weight is 261 g/mol. The summed E-state index contributed by atoms with van der Waals surface area (Å²) in [7, 11) is 0. The topological polar surface area (TPSA) is 37.3 Å². The zero-order valence-corrected chi connectivity index (χ0v) is 11.0. The molecule has 1 N–H and O–H groups in total. The molecule has 18 heavy (non-hydrogen) atoms. The lowest BCUT2D eigenvalue weighted by molar-refractivity contribution is 0.0696. The van der Waals surface area contributed by atoms with Gasteiger partial charge in [-0.1, -0.05) is 29.8 Å². The number of hydrogen-bond donors (Lipinski definition) is 1. The summed E-state index contributed by atoms with van der Waals surface area (Å²) in [6, 6.07) is 11.0. The molecule has 0 spiro atoms. The Morgan fingerprint density at radius 2 is 1.67 bits per heavy atom. The van der Waals surface area contributed by atoms with Gasteiger partial charge in [0.15, 0.2) is 0 Å². The van der Waals surface area contributed by atoms with E-state index >= 15 is 0 Å². The van der Waals surface area contributed by atoms with Gasteiger partial charge in [-0.15, -0.1) is 0 Å². The van der Waals surface area contributed by atoms with Crippen LogP contribution in [0, 0.1) is 13.8 Å². The second-order valence-corrected chi connectivity index (χ2v) is 4.73. The van der Waals surface area contributed by atoms with Gasteiger partial charge in [0, 0.05) is 5.02 Å². The van der Waals surface area contributed by atoms with Gasteiger partial charge in [-0.05, 0) is 54.3 Å². The molecule has 2 nitrogen and oxygen atoms in total. The molecule has 0 aliphatic carbocycles. The molecule has 0 radical (unpaired) electrons. The highest BCUT2D eigenvalue weighted by molar-refractivity contribution is 6.30. The third kappa shape index (κ3) is 2.39. The number of rotatable bonds is 2. The fourth-order valence-corrected chi connectivity index (χ4v) is 2.15. The second-order valence-electron chi connectivity index (χ2n) is 4.29. The van der Waals surface area contributed by atoms with Crippen LogP contribution >= 0.6 is 11.6 Å². The van der Waals surface area contributed by atoms with Crippen LogP contribution in [0.15, 0.2) is 36.4 Å². The van der Waals surface area contributed by atoms with Crippen LogP contribution in [0.2, 0.25) is 5.02 Å². The molecule has 0 aliphatic rings. The Bertz CT molecular complexity index is 601. The fourth-order valence-electron chi connectivity index (χ4n) is 2.02. The molecule has 0 fully saturated rings. The van der Waals surface area contributed by atoms with Gasteiger partial charge in [-0.2, -0.15) is 0 Å². The lowest BCUT2D eigenvalue weighted by Gasteiger charge is -2.10. The van der Waals surface area contributed by atoms with Gasteiger partial charge in [0.1, 0.15) is 0 Å². The molecule has 0 bridgehead atoms. The molecule has 0 heterocycles. The van der Waals surface area contributed by atoms with Gasteiger partial charge in [-0.3, -0.25) is 0 Å². The lowest BCUT2D eigenvalue weighted by atomic mass is 9.95. The van der Waals surface area contributed by atoms with Crippen LogP contribution in [0.25, 0.3) is 11.1 Å². The first-order chi connectivity index (χ1) is 8.49. The van der Waals surface area contributed by atoms with E-state index in [1.807, 2.05) is 32.0 Å². The quantitative estimate of drug-likeness (QED) is 0.873. The predicted molar refractivity (Wildman–Crippen MR) is 73.3 cm³/mol. The summed E-state index contributed by atoms with van der Waals surface area (Å²) in [5.74, 6) is -0.900. The normalized spacial score (nSPS) is 10.4. The molecule has 0 atom stereocenters.